The minimum absolute atomic E-state index is 0.120. The second kappa shape index (κ2) is 12.7. The lowest BCUT2D eigenvalue weighted by atomic mass is 9.92. The molecule has 3 aromatic carbocycles. The van der Waals surface area contributed by atoms with Crippen LogP contribution in [0.1, 0.15) is 32.0 Å². The van der Waals surface area contributed by atoms with Crippen LogP contribution in [0.4, 0.5) is 10.6 Å². The largest absolute Gasteiger partial charge is 0.508 e. The van der Waals surface area contributed by atoms with E-state index in [1.54, 1.807) is 46.4 Å². The predicted octanol–water partition coefficient (Wildman–Crippen LogP) is 7.78. The van der Waals surface area contributed by atoms with Crippen LogP contribution in [-0.2, 0) is 12.0 Å². The number of urea groups is 1. The molecular formula is C34H33N7O2S2. The van der Waals surface area contributed by atoms with E-state index in [4.69, 9.17) is 5.10 Å². The van der Waals surface area contributed by atoms with Gasteiger partial charge in [-0.2, -0.15) is 5.10 Å². The number of benzene rings is 3. The molecule has 228 valence electrons. The van der Waals surface area contributed by atoms with Gasteiger partial charge in [-0.1, -0.05) is 68.9 Å². The van der Waals surface area contributed by atoms with Gasteiger partial charge in [0.15, 0.2) is 11.5 Å². The van der Waals surface area contributed by atoms with E-state index in [1.165, 1.54) is 4.90 Å². The summed E-state index contributed by atoms with van der Waals surface area (Å²) in [4.78, 5) is 16.4. The fourth-order valence-corrected chi connectivity index (χ4v) is 6.11. The van der Waals surface area contributed by atoms with Gasteiger partial charge in [0.1, 0.15) is 11.6 Å². The third-order valence-electron chi connectivity index (χ3n) is 7.16. The van der Waals surface area contributed by atoms with Crippen LogP contribution in [0.3, 0.4) is 0 Å². The van der Waals surface area contributed by atoms with Crippen molar-refractivity contribution < 1.29 is 9.90 Å². The molecule has 0 aliphatic rings. The third kappa shape index (κ3) is 6.84. The maximum atomic E-state index is 13.2. The zero-order valence-electron chi connectivity index (χ0n) is 25.4. The second-order valence-corrected chi connectivity index (χ2v) is 13.5. The molecule has 0 radical (unpaired) electrons. The van der Waals surface area contributed by atoms with Gasteiger partial charge in [-0.25, -0.2) is 9.48 Å². The standard InChI is InChI=1S/C34H33N7O2S2/c1-34(2,3)29-19-31(41(39-29)24-9-7-10-25(42)18-24)36-33(43)35-20-23-8-5-6-11-28(23)45-27-16-17-30-37-38-32(40(30)21-27)22-12-14-26(44-4)15-13-22/h5-19,21,42H,20H2,1-4H3,(H2,35,36,43). The van der Waals surface area contributed by atoms with Crippen molar-refractivity contribution in [1.29, 1.82) is 0 Å². The number of hydrogen-bond acceptors (Lipinski definition) is 7. The normalized spacial score (nSPS) is 11.6. The number of anilines is 1. The molecule has 0 saturated heterocycles. The van der Waals surface area contributed by atoms with Gasteiger partial charge < -0.3 is 10.4 Å². The van der Waals surface area contributed by atoms with Crippen LogP contribution < -0.4 is 10.6 Å². The average molecular weight is 636 g/mol. The van der Waals surface area contributed by atoms with E-state index < -0.39 is 0 Å². The summed E-state index contributed by atoms with van der Waals surface area (Å²) >= 11 is 3.32. The van der Waals surface area contributed by atoms with Gasteiger partial charge in [0.05, 0.1) is 11.4 Å². The van der Waals surface area contributed by atoms with Crippen LogP contribution in [0, 0.1) is 0 Å². The van der Waals surface area contributed by atoms with E-state index in [1.807, 2.05) is 59.1 Å². The Hall–Kier alpha value is -4.74. The second-order valence-electron chi connectivity index (χ2n) is 11.5. The van der Waals surface area contributed by atoms with Gasteiger partial charge >= 0.3 is 6.03 Å². The fourth-order valence-electron chi connectivity index (χ4n) is 4.74. The van der Waals surface area contributed by atoms with Crippen molar-refractivity contribution in [3.05, 3.63) is 108 Å². The Bertz CT molecular complexity index is 1980. The highest BCUT2D eigenvalue weighted by atomic mass is 32.2. The Balaban J connectivity index is 1.19. The number of aromatic nitrogens is 5. The van der Waals surface area contributed by atoms with Crippen LogP contribution >= 0.6 is 23.5 Å². The molecule has 0 saturated carbocycles. The summed E-state index contributed by atoms with van der Waals surface area (Å²) in [6.07, 6.45) is 4.10. The van der Waals surface area contributed by atoms with Crippen molar-refractivity contribution in [1.82, 2.24) is 29.7 Å². The fraction of sp³-hybridized carbons (Fsp3) is 0.176. The number of amides is 2. The van der Waals surface area contributed by atoms with Crippen molar-refractivity contribution in [3.8, 4) is 22.8 Å². The van der Waals surface area contributed by atoms with E-state index in [0.717, 1.165) is 38.1 Å². The summed E-state index contributed by atoms with van der Waals surface area (Å²) in [6, 6.07) is 28.6. The Morgan fingerprint density at radius 3 is 2.44 bits per heavy atom. The number of thioether (sulfide) groups is 1. The number of rotatable bonds is 8. The van der Waals surface area contributed by atoms with Gasteiger partial charge in [0.2, 0.25) is 0 Å². The number of phenols is 1. The lowest BCUT2D eigenvalue weighted by Gasteiger charge is -2.14. The molecule has 3 heterocycles. The van der Waals surface area contributed by atoms with E-state index in [-0.39, 0.29) is 17.2 Å². The molecule has 0 aliphatic heterocycles. The first-order chi connectivity index (χ1) is 21.7. The number of carbonyl (C=O) groups excluding carboxylic acids is 1. The number of hydrogen-bond donors (Lipinski definition) is 3. The van der Waals surface area contributed by atoms with Crippen molar-refractivity contribution >= 4 is 41.0 Å². The number of carbonyl (C=O) groups is 1. The van der Waals surface area contributed by atoms with Crippen molar-refractivity contribution in [2.75, 3.05) is 11.6 Å². The highest BCUT2D eigenvalue weighted by Crippen LogP contribution is 2.32. The summed E-state index contributed by atoms with van der Waals surface area (Å²) in [5, 5.41) is 29.5. The molecule has 6 rings (SSSR count). The van der Waals surface area contributed by atoms with Crippen molar-refractivity contribution in [3.63, 3.8) is 0 Å². The van der Waals surface area contributed by atoms with E-state index in [0.29, 0.717) is 18.1 Å². The summed E-state index contributed by atoms with van der Waals surface area (Å²) in [7, 11) is 0. The van der Waals surface area contributed by atoms with Crippen molar-refractivity contribution in [2.45, 2.75) is 47.4 Å². The van der Waals surface area contributed by atoms with Gasteiger partial charge in [0, 0.05) is 50.5 Å². The minimum atomic E-state index is -0.361. The zero-order valence-corrected chi connectivity index (χ0v) is 27.0. The van der Waals surface area contributed by atoms with E-state index in [2.05, 4.69) is 72.1 Å². The molecule has 0 fully saturated rings. The van der Waals surface area contributed by atoms with Crippen LogP contribution in [0.2, 0.25) is 0 Å². The lowest BCUT2D eigenvalue weighted by Crippen LogP contribution is -2.29. The third-order valence-corrected chi connectivity index (χ3v) is 9.00. The molecule has 0 spiro atoms. The molecule has 0 unspecified atom stereocenters. The van der Waals surface area contributed by atoms with E-state index in [9.17, 15) is 9.90 Å². The summed E-state index contributed by atoms with van der Waals surface area (Å²) < 4.78 is 3.64. The molecule has 0 atom stereocenters. The smallest absolute Gasteiger partial charge is 0.320 e. The Labute approximate surface area is 270 Å². The average Bonchev–Trinajstić information content (AvgIpc) is 3.65. The molecule has 3 aromatic heterocycles. The minimum Gasteiger partial charge on any atom is -0.508 e. The van der Waals surface area contributed by atoms with E-state index >= 15 is 0 Å². The molecule has 9 nitrogen and oxygen atoms in total. The maximum Gasteiger partial charge on any atom is 0.320 e. The summed E-state index contributed by atoms with van der Waals surface area (Å²) in [5.41, 5.74) is 3.97. The Kier molecular flexibility index (Phi) is 8.55. The van der Waals surface area contributed by atoms with Crippen molar-refractivity contribution in [2.24, 2.45) is 0 Å². The molecule has 2 amide bonds. The van der Waals surface area contributed by atoms with Gasteiger partial charge in [-0.05, 0) is 54.3 Å². The molecule has 6 aromatic rings. The van der Waals surface area contributed by atoms with Crippen LogP contribution in [0.15, 0.2) is 112 Å². The molecule has 0 aliphatic carbocycles. The first-order valence-corrected chi connectivity index (χ1v) is 16.4. The first kappa shape index (κ1) is 30.3. The number of nitrogens with zero attached hydrogens (tertiary/aromatic N) is 5. The number of nitrogens with one attached hydrogen (secondary N) is 2. The topological polar surface area (TPSA) is 109 Å². The molecular weight excluding hydrogens is 603 g/mol. The Morgan fingerprint density at radius 1 is 0.911 bits per heavy atom. The maximum absolute atomic E-state index is 13.2. The van der Waals surface area contributed by atoms with Gasteiger partial charge in [-0.15, -0.1) is 22.0 Å². The number of phenolic OH excluding ortho intramolecular Hbond substituents is 1. The molecule has 0 bridgehead atoms. The summed E-state index contributed by atoms with van der Waals surface area (Å²) in [5.74, 6) is 1.41. The summed E-state index contributed by atoms with van der Waals surface area (Å²) in [6.45, 7) is 6.51. The molecule has 11 heteroatoms. The van der Waals surface area contributed by atoms with Crippen LogP contribution in [0.5, 0.6) is 5.75 Å². The number of aromatic hydroxyl groups is 1. The predicted molar refractivity (Wildman–Crippen MR) is 181 cm³/mol. The molecule has 45 heavy (non-hydrogen) atoms. The van der Waals surface area contributed by atoms with Crippen LogP contribution in [0.25, 0.3) is 22.7 Å². The highest BCUT2D eigenvalue weighted by Gasteiger charge is 2.22. The zero-order chi connectivity index (χ0) is 31.6. The lowest BCUT2D eigenvalue weighted by molar-refractivity contribution is 0.251. The Morgan fingerprint density at radius 2 is 1.69 bits per heavy atom. The van der Waals surface area contributed by atoms with Gasteiger partial charge in [0.25, 0.3) is 0 Å². The molecule has 3 N–H and O–H groups in total. The quantitative estimate of drug-likeness (QED) is 0.147. The first-order valence-electron chi connectivity index (χ1n) is 14.4. The monoisotopic (exact) mass is 635 g/mol. The number of fused-ring (bicyclic) bond motifs is 1. The SMILES string of the molecule is CSc1ccc(-c2nnc3ccc(Sc4ccccc4CNC(=O)Nc4cc(C(C)(C)C)nn4-c4cccc(O)c4)cn23)cc1. The van der Waals surface area contributed by atoms with Gasteiger partial charge in [-0.3, -0.25) is 9.72 Å². The van der Waals surface area contributed by atoms with Crippen LogP contribution in [-0.4, -0.2) is 41.8 Å². The number of pyridine rings is 1. The highest BCUT2D eigenvalue weighted by molar-refractivity contribution is 7.99.